The molecule has 0 saturated heterocycles. The average Bonchev–Trinajstić information content (AvgIpc) is 2.99. The van der Waals surface area contributed by atoms with E-state index in [1.165, 1.54) is 24.3 Å². The van der Waals surface area contributed by atoms with Gasteiger partial charge in [-0.25, -0.2) is 4.57 Å². The summed E-state index contributed by atoms with van der Waals surface area (Å²) in [5.41, 5.74) is 1.91. The SMILES string of the molecule is COc1ccc(CCC(=O)c2ccc(OP(=O)(O)Oc3ccc(C(=O)CCc4ccc(OC)cc4)c(O)c3)cc2O)cc1. The predicted octanol–water partition coefficient (Wildman–Crippen LogP) is 6.30. The second-order valence-corrected chi connectivity index (χ2v) is 10.9. The number of phosphoric ester groups is 1. The Kier molecular flexibility index (Phi) is 10.1. The van der Waals surface area contributed by atoms with Crippen molar-refractivity contribution in [2.45, 2.75) is 25.7 Å². The number of aromatic hydroxyl groups is 2. The van der Waals surface area contributed by atoms with Crippen molar-refractivity contribution in [3.05, 3.63) is 107 Å². The summed E-state index contributed by atoms with van der Waals surface area (Å²) in [4.78, 5) is 35.5. The standard InChI is InChI=1S/C32H31O10P/c1-39-23-9-3-21(4-10-23)7-17-29(33)27-15-13-25(19-31(27)35)41-43(37,38)42-26-14-16-28(32(36)20-26)30(34)18-8-22-5-11-24(40-2)12-6-22/h3-6,9-16,19-20,35-36H,7-8,17-18H2,1-2H3,(H,37,38). The Balaban J connectivity index is 1.33. The largest absolute Gasteiger partial charge is 0.584 e. The molecule has 11 heteroatoms. The zero-order chi connectivity index (χ0) is 31.0. The normalized spacial score (nSPS) is 11.0. The molecule has 0 aliphatic heterocycles. The third kappa shape index (κ3) is 8.61. The van der Waals surface area contributed by atoms with Crippen LogP contribution in [-0.2, 0) is 17.4 Å². The lowest BCUT2D eigenvalue weighted by Crippen LogP contribution is -2.04. The van der Waals surface area contributed by atoms with Crippen LogP contribution in [0.2, 0.25) is 0 Å². The maximum Gasteiger partial charge on any atom is 0.584 e. The van der Waals surface area contributed by atoms with Crippen molar-refractivity contribution >= 4 is 19.4 Å². The fourth-order valence-electron chi connectivity index (χ4n) is 4.26. The van der Waals surface area contributed by atoms with Gasteiger partial charge in [0.15, 0.2) is 11.6 Å². The van der Waals surface area contributed by atoms with Crippen molar-refractivity contribution in [1.82, 2.24) is 0 Å². The molecule has 0 fully saturated rings. The summed E-state index contributed by atoms with van der Waals surface area (Å²) in [7, 11) is -1.66. The van der Waals surface area contributed by atoms with Gasteiger partial charge in [0.2, 0.25) is 0 Å². The fourth-order valence-corrected chi connectivity index (χ4v) is 5.06. The molecule has 0 aliphatic rings. The van der Waals surface area contributed by atoms with Crippen molar-refractivity contribution in [2.75, 3.05) is 14.2 Å². The van der Waals surface area contributed by atoms with E-state index in [1.54, 1.807) is 38.5 Å². The van der Waals surface area contributed by atoms with E-state index in [0.29, 0.717) is 24.3 Å². The molecule has 0 saturated carbocycles. The molecule has 10 nitrogen and oxygen atoms in total. The number of phenolic OH excluding ortho intramolecular Hbond substituents is 2. The summed E-state index contributed by atoms with van der Waals surface area (Å²) >= 11 is 0. The molecular formula is C32H31O10P. The van der Waals surface area contributed by atoms with Crippen molar-refractivity contribution < 1.29 is 47.8 Å². The third-order valence-corrected chi connectivity index (χ3v) is 7.46. The molecule has 0 radical (unpaired) electrons. The van der Waals surface area contributed by atoms with Crippen LogP contribution < -0.4 is 18.5 Å². The minimum Gasteiger partial charge on any atom is -0.507 e. The molecule has 0 atom stereocenters. The van der Waals surface area contributed by atoms with E-state index in [-0.39, 0.29) is 47.0 Å². The van der Waals surface area contributed by atoms with Gasteiger partial charge in [0, 0.05) is 25.0 Å². The van der Waals surface area contributed by atoms with Crippen LogP contribution in [0.15, 0.2) is 84.9 Å². The average molecular weight is 607 g/mol. The maximum atomic E-state index is 12.6. The molecule has 0 amide bonds. The molecule has 4 rings (SSSR count). The van der Waals surface area contributed by atoms with Gasteiger partial charge >= 0.3 is 7.82 Å². The minimum atomic E-state index is -4.79. The number of ketones is 2. The topological polar surface area (TPSA) is 149 Å². The Labute approximate surface area is 248 Å². The molecule has 4 aromatic carbocycles. The molecule has 224 valence electrons. The monoisotopic (exact) mass is 606 g/mol. The fraction of sp³-hybridized carbons (Fsp3) is 0.188. The number of phenols is 2. The van der Waals surface area contributed by atoms with Crippen molar-refractivity contribution in [1.29, 1.82) is 0 Å². The number of hydrogen-bond acceptors (Lipinski definition) is 9. The van der Waals surface area contributed by atoms with Gasteiger partial charge in [0.05, 0.1) is 25.3 Å². The van der Waals surface area contributed by atoms with Crippen LogP contribution in [0, 0.1) is 0 Å². The number of carbonyl (C=O) groups excluding carboxylic acids is 2. The molecule has 0 aliphatic carbocycles. The lowest BCUT2D eigenvalue weighted by Gasteiger charge is -2.15. The minimum absolute atomic E-state index is 0.0340. The van der Waals surface area contributed by atoms with Gasteiger partial charge in [-0.3, -0.25) is 14.5 Å². The van der Waals surface area contributed by atoms with Gasteiger partial charge < -0.3 is 28.7 Å². The van der Waals surface area contributed by atoms with E-state index in [9.17, 15) is 29.3 Å². The molecule has 3 N–H and O–H groups in total. The molecule has 0 heterocycles. The van der Waals surface area contributed by atoms with E-state index in [1.807, 2.05) is 24.3 Å². The third-order valence-electron chi connectivity index (χ3n) is 6.58. The molecular weight excluding hydrogens is 575 g/mol. The van der Waals surface area contributed by atoms with E-state index in [0.717, 1.165) is 23.3 Å². The van der Waals surface area contributed by atoms with Crippen LogP contribution in [0.3, 0.4) is 0 Å². The maximum absolute atomic E-state index is 12.6. The first-order valence-electron chi connectivity index (χ1n) is 13.3. The zero-order valence-corrected chi connectivity index (χ0v) is 24.5. The van der Waals surface area contributed by atoms with E-state index in [2.05, 4.69) is 0 Å². The van der Waals surface area contributed by atoms with Crippen molar-refractivity contribution in [3.63, 3.8) is 0 Å². The van der Waals surface area contributed by atoms with Gasteiger partial charge in [-0.1, -0.05) is 24.3 Å². The van der Waals surface area contributed by atoms with E-state index >= 15 is 0 Å². The van der Waals surface area contributed by atoms with Crippen LogP contribution in [-0.4, -0.2) is 40.9 Å². The van der Waals surface area contributed by atoms with E-state index < -0.39 is 19.3 Å². The summed E-state index contributed by atoms with van der Waals surface area (Å²) in [6.45, 7) is 0. The van der Waals surface area contributed by atoms with Gasteiger partial charge in [0.1, 0.15) is 34.5 Å². The second kappa shape index (κ2) is 13.9. The summed E-state index contributed by atoms with van der Waals surface area (Å²) in [6, 6.07) is 21.7. The number of benzene rings is 4. The molecule has 0 aromatic heterocycles. The van der Waals surface area contributed by atoms with Gasteiger partial charge in [-0.05, 0) is 72.5 Å². The number of aryl methyl sites for hydroxylation is 2. The van der Waals surface area contributed by atoms with Crippen LogP contribution in [0.25, 0.3) is 0 Å². The van der Waals surface area contributed by atoms with Crippen molar-refractivity contribution in [2.24, 2.45) is 0 Å². The smallest absolute Gasteiger partial charge is 0.507 e. The van der Waals surface area contributed by atoms with Gasteiger partial charge in [-0.2, -0.15) is 0 Å². The van der Waals surface area contributed by atoms with E-state index in [4.69, 9.17) is 18.5 Å². The second-order valence-electron chi connectivity index (χ2n) is 9.55. The molecule has 43 heavy (non-hydrogen) atoms. The number of carbonyl (C=O) groups is 2. The number of methoxy groups -OCH3 is 2. The molecule has 0 spiro atoms. The van der Waals surface area contributed by atoms with Crippen LogP contribution in [0.4, 0.5) is 0 Å². The summed E-state index contributed by atoms with van der Waals surface area (Å²) in [5, 5.41) is 20.7. The molecule has 0 unspecified atom stereocenters. The highest BCUT2D eigenvalue weighted by molar-refractivity contribution is 7.48. The Morgan fingerprint density at radius 2 is 0.953 bits per heavy atom. The summed E-state index contributed by atoms with van der Waals surface area (Å²) in [5.74, 6) is -0.521. The Bertz CT molecular complexity index is 1510. The lowest BCUT2D eigenvalue weighted by atomic mass is 10.0. The Morgan fingerprint density at radius 3 is 1.28 bits per heavy atom. The highest BCUT2D eigenvalue weighted by Crippen LogP contribution is 2.46. The predicted molar refractivity (Wildman–Crippen MR) is 159 cm³/mol. The quantitative estimate of drug-likeness (QED) is 0.110. The number of Topliss-reactive ketones (excluding diaryl/α,β-unsaturated/α-hetero) is 2. The highest BCUT2D eigenvalue weighted by Gasteiger charge is 2.27. The number of phosphoric acid groups is 1. The van der Waals surface area contributed by atoms with Crippen LogP contribution >= 0.6 is 7.82 Å². The first-order valence-corrected chi connectivity index (χ1v) is 14.8. The van der Waals surface area contributed by atoms with Crippen LogP contribution in [0.1, 0.15) is 44.7 Å². The summed E-state index contributed by atoms with van der Waals surface area (Å²) < 4.78 is 32.9. The number of ether oxygens (including phenoxy) is 2. The molecule has 0 bridgehead atoms. The Hall–Kier alpha value is -4.79. The Morgan fingerprint density at radius 1 is 0.605 bits per heavy atom. The first kappa shape index (κ1) is 31.2. The first-order chi connectivity index (χ1) is 20.6. The number of rotatable bonds is 14. The van der Waals surface area contributed by atoms with Crippen LogP contribution in [0.5, 0.6) is 34.5 Å². The molecule has 4 aromatic rings. The van der Waals surface area contributed by atoms with Gasteiger partial charge in [0.25, 0.3) is 0 Å². The number of hydrogen-bond donors (Lipinski definition) is 3. The van der Waals surface area contributed by atoms with Crippen molar-refractivity contribution in [3.8, 4) is 34.5 Å². The highest BCUT2D eigenvalue weighted by atomic mass is 31.2. The zero-order valence-electron chi connectivity index (χ0n) is 23.6. The summed E-state index contributed by atoms with van der Waals surface area (Å²) in [6.07, 6.45) is 1.15. The lowest BCUT2D eigenvalue weighted by molar-refractivity contribution is 0.0972. The van der Waals surface area contributed by atoms with Gasteiger partial charge in [-0.15, -0.1) is 0 Å².